The summed E-state index contributed by atoms with van der Waals surface area (Å²) in [4.78, 5) is 11.8. The number of carbonyl (C=O) groups excluding carboxylic acids is 1. The van der Waals surface area contributed by atoms with E-state index in [1.807, 2.05) is 32.0 Å². The smallest absolute Gasteiger partial charge is 0.181 e. The third-order valence-electron chi connectivity index (χ3n) is 1.94. The molecule has 0 fully saturated rings. The number of ether oxygens (including phenoxy) is 1. The summed E-state index contributed by atoms with van der Waals surface area (Å²) < 4.78 is 5.60. The van der Waals surface area contributed by atoms with Gasteiger partial charge < -0.3 is 4.74 Å². The Morgan fingerprint density at radius 3 is 2.56 bits per heavy atom. The second kappa shape index (κ2) is 6.40. The summed E-state index contributed by atoms with van der Waals surface area (Å²) >= 11 is 6.61. The number of benzene rings is 1. The highest BCUT2D eigenvalue weighted by atomic mass is 79.9. The zero-order valence-electron chi connectivity index (χ0n) is 9.24. The number of halogens is 2. The van der Waals surface area contributed by atoms with E-state index in [0.717, 1.165) is 0 Å². The van der Waals surface area contributed by atoms with E-state index >= 15 is 0 Å². The average Bonchev–Trinajstić information content (AvgIpc) is 2.27. The zero-order chi connectivity index (χ0) is 12.1. The van der Waals surface area contributed by atoms with E-state index in [1.165, 1.54) is 0 Å². The Kier molecular flexibility index (Phi) is 5.49. The zero-order valence-corrected chi connectivity index (χ0v) is 12.4. The van der Waals surface area contributed by atoms with Crippen molar-refractivity contribution in [3.8, 4) is 5.75 Å². The molecule has 0 saturated heterocycles. The molecule has 88 valence electrons. The van der Waals surface area contributed by atoms with E-state index in [-0.39, 0.29) is 16.7 Å². The lowest BCUT2D eigenvalue weighted by atomic mass is 10.1. The SMILES string of the molecule is CC(C)Oc1ccccc1C(=O)C(Br)CBr. The van der Waals surface area contributed by atoms with Crippen LogP contribution in [0.4, 0.5) is 0 Å². The van der Waals surface area contributed by atoms with Crippen molar-refractivity contribution < 1.29 is 9.53 Å². The Hall–Kier alpha value is -0.350. The number of rotatable bonds is 5. The first kappa shape index (κ1) is 13.7. The maximum Gasteiger partial charge on any atom is 0.181 e. The molecule has 1 aromatic rings. The number of alkyl halides is 2. The molecule has 1 unspecified atom stereocenters. The molecule has 1 rings (SSSR count). The third kappa shape index (κ3) is 3.59. The molecule has 16 heavy (non-hydrogen) atoms. The molecular weight excluding hydrogens is 336 g/mol. The molecule has 4 heteroatoms. The van der Waals surface area contributed by atoms with Gasteiger partial charge in [-0.2, -0.15) is 0 Å². The van der Waals surface area contributed by atoms with E-state index in [9.17, 15) is 4.79 Å². The quantitative estimate of drug-likeness (QED) is 0.596. The number of Topliss-reactive ketones (excluding diaryl/α,β-unsaturated/α-hetero) is 1. The molecule has 0 aliphatic heterocycles. The topological polar surface area (TPSA) is 26.3 Å². The first-order valence-corrected chi connectivity index (χ1v) is 7.10. The minimum atomic E-state index is -0.218. The van der Waals surface area contributed by atoms with Gasteiger partial charge in [0.2, 0.25) is 0 Å². The highest BCUT2D eigenvalue weighted by Gasteiger charge is 2.19. The van der Waals surface area contributed by atoms with Crippen LogP contribution in [0.1, 0.15) is 24.2 Å². The van der Waals surface area contributed by atoms with E-state index in [2.05, 4.69) is 31.9 Å². The van der Waals surface area contributed by atoms with E-state index in [1.54, 1.807) is 6.07 Å². The highest BCUT2D eigenvalue weighted by molar-refractivity contribution is 9.12. The fraction of sp³-hybridized carbons (Fsp3) is 0.417. The fourth-order valence-corrected chi connectivity index (χ4v) is 1.81. The maximum atomic E-state index is 12.0. The summed E-state index contributed by atoms with van der Waals surface area (Å²) in [6.45, 7) is 3.88. The number of para-hydroxylation sites is 1. The maximum absolute atomic E-state index is 12.0. The van der Waals surface area contributed by atoms with E-state index in [0.29, 0.717) is 16.6 Å². The summed E-state index contributed by atoms with van der Waals surface area (Å²) in [5.41, 5.74) is 0.623. The van der Waals surface area contributed by atoms with Gasteiger partial charge in [-0.15, -0.1) is 0 Å². The van der Waals surface area contributed by atoms with Crippen LogP contribution in [-0.4, -0.2) is 22.0 Å². The standard InChI is InChI=1S/C12H14Br2O2/c1-8(2)16-11-6-4-3-5-9(11)12(15)10(14)7-13/h3-6,8,10H,7H2,1-2H3. The number of ketones is 1. The molecule has 0 radical (unpaired) electrons. The summed E-state index contributed by atoms with van der Waals surface area (Å²) in [5, 5.41) is 0.585. The second-order valence-electron chi connectivity index (χ2n) is 3.65. The molecular formula is C12H14Br2O2. The normalized spacial score (nSPS) is 12.6. The van der Waals surface area contributed by atoms with Crippen molar-refractivity contribution in [3.05, 3.63) is 29.8 Å². The van der Waals surface area contributed by atoms with Gasteiger partial charge in [0.25, 0.3) is 0 Å². The van der Waals surface area contributed by atoms with Crippen molar-refractivity contribution in [1.82, 2.24) is 0 Å². The molecule has 0 aliphatic carbocycles. The Labute approximate surface area is 113 Å². The van der Waals surface area contributed by atoms with Gasteiger partial charge in [-0.3, -0.25) is 4.79 Å². The van der Waals surface area contributed by atoms with Crippen molar-refractivity contribution in [1.29, 1.82) is 0 Å². The number of hydrogen-bond donors (Lipinski definition) is 0. The summed E-state index contributed by atoms with van der Waals surface area (Å²) in [6, 6.07) is 7.32. The van der Waals surface area contributed by atoms with Crippen LogP contribution in [-0.2, 0) is 0 Å². The molecule has 0 aromatic heterocycles. The lowest BCUT2D eigenvalue weighted by Crippen LogP contribution is -2.18. The van der Waals surface area contributed by atoms with Gasteiger partial charge in [0, 0.05) is 5.33 Å². The van der Waals surface area contributed by atoms with Crippen LogP contribution in [0.2, 0.25) is 0 Å². The van der Waals surface area contributed by atoms with Crippen LogP contribution in [0.3, 0.4) is 0 Å². The summed E-state index contributed by atoms with van der Waals surface area (Å²) in [7, 11) is 0. The molecule has 2 nitrogen and oxygen atoms in total. The third-order valence-corrected chi connectivity index (χ3v) is 4.19. The van der Waals surface area contributed by atoms with E-state index in [4.69, 9.17) is 4.74 Å². The van der Waals surface area contributed by atoms with Crippen molar-refractivity contribution in [2.24, 2.45) is 0 Å². The van der Waals surface area contributed by atoms with Gasteiger partial charge in [0.15, 0.2) is 5.78 Å². The molecule has 0 amide bonds. The van der Waals surface area contributed by atoms with Gasteiger partial charge in [0.1, 0.15) is 5.75 Å². The van der Waals surface area contributed by atoms with Crippen molar-refractivity contribution >= 4 is 37.6 Å². The largest absolute Gasteiger partial charge is 0.490 e. The van der Waals surface area contributed by atoms with Crippen molar-refractivity contribution in [2.75, 3.05) is 5.33 Å². The van der Waals surface area contributed by atoms with Gasteiger partial charge in [0.05, 0.1) is 16.5 Å². The summed E-state index contributed by atoms with van der Waals surface area (Å²) in [6.07, 6.45) is 0.0618. The minimum Gasteiger partial charge on any atom is -0.490 e. The highest BCUT2D eigenvalue weighted by Crippen LogP contribution is 2.23. The molecule has 0 bridgehead atoms. The molecule has 0 saturated carbocycles. The van der Waals surface area contributed by atoms with Crippen LogP contribution in [0.25, 0.3) is 0 Å². The van der Waals surface area contributed by atoms with Crippen molar-refractivity contribution in [3.63, 3.8) is 0 Å². The van der Waals surface area contributed by atoms with Gasteiger partial charge in [-0.25, -0.2) is 0 Å². The Balaban J connectivity index is 2.98. The number of carbonyl (C=O) groups is 1. The minimum absolute atomic E-state index is 0.0353. The predicted octanol–water partition coefficient (Wildman–Crippen LogP) is 3.81. The van der Waals surface area contributed by atoms with Crippen LogP contribution >= 0.6 is 31.9 Å². The fourth-order valence-electron chi connectivity index (χ4n) is 1.27. The predicted molar refractivity (Wildman–Crippen MR) is 73.0 cm³/mol. The second-order valence-corrected chi connectivity index (χ2v) is 5.40. The average molecular weight is 350 g/mol. The van der Waals surface area contributed by atoms with Crippen molar-refractivity contribution in [2.45, 2.75) is 24.8 Å². The van der Waals surface area contributed by atoms with Crippen LogP contribution < -0.4 is 4.74 Å². The Morgan fingerprint density at radius 1 is 1.38 bits per heavy atom. The first-order chi connectivity index (χ1) is 7.56. The number of hydrogen-bond acceptors (Lipinski definition) is 2. The summed E-state index contributed by atoms with van der Waals surface area (Å²) in [5.74, 6) is 0.682. The van der Waals surface area contributed by atoms with Gasteiger partial charge in [-0.1, -0.05) is 44.0 Å². The molecule has 1 aromatic carbocycles. The van der Waals surface area contributed by atoms with Gasteiger partial charge >= 0.3 is 0 Å². The molecule has 0 N–H and O–H groups in total. The molecule has 0 spiro atoms. The van der Waals surface area contributed by atoms with Crippen LogP contribution in [0.5, 0.6) is 5.75 Å². The van der Waals surface area contributed by atoms with Crippen LogP contribution in [0.15, 0.2) is 24.3 Å². The lowest BCUT2D eigenvalue weighted by molar-refractivity contribution is 0.0991. The van der Waals surface area contributed by atoms with Crippen LogP contribution in [0, 0.1) is 0 Å². The van der Waals surface area contributed by atoms with Gasteiger partial charge in [-0.05, 0) is 26.0 Å². The lowest BCUT2D eigenvalue weighted by Gasteiger charge is -2.14. The first-order valence-electron chi connectivity index (χ1n) is 5.06. The molecule has 0 heterocycles. The van der Waals surface area contributed by atoms with E-state index < -0.39 is 0 Å². The molecule has 1 atom stereocenters. The molecule has 0 aliphatic rings. The monoisotopic (exact) mass is 348 g/mol. The Bertz CT molecular complexity index is 364. The Morgan fingerprint density at radius 2 is 2.00 bits per heavy atom.